The van der Waals surface area contributed by atoms with Crippen LogP contribution in [0.5, 0.6) is 5.88 Å². The third kappa shape index (κ3) is 3.70. The number of rotatable bonds is 2. The molecule has 0 aromatic carbocycles. The summed E-state index contributed by atoms with van der Waals surface area (Å²) in [5, 5.41) is 12.2. The third-order valence-corrected chi connectivity index (χ3v) is 3.64. The van der Waals surface area contributed by atoms with Crippen molar-refractivity contribution in [1.29, 1.82) is 0 Å². The zero-order valence-corrected chi connectivity index (χ0v) is 15.0. The number of Topliss-reactive ketones (excluding diaryl/α,β-unsaturated/α-hetero) is 1. The molecular formula is C13H17KN2O4. The van der Waals surface area contributed by atoms with Gasteiger partial charge in [0.15, 0.2) is 5.78 Å². The monoisotopic (exact) mass is 304 g/mol. The Morgan fingerprint density at radius 2 is 1.75 bits per heavy atom. The molecule has 20 heavy (non-hydrogen) atoms. The summed E-state index contributed by atoms with van der Waals surface area (Å²) in [7, 11) is 0. The Labute approximate surface area is 159 Å². The summed E-state index contributed by atoms with van der Waals surface area (Å²) in [5.41, 5.74) is -2.02. The number of hydrogen-bond acceptors (Lipinski definition) is 4. The molecule has 1 saturated carbocycles. The number of nitrogens with zero attached hydrogens (tertiary/aromatic N) is 1. The molecular weight excluding hydrogens is 287 g/mol. The van der Waals surface area contributed by atoms with E-state index in [1.807, 2.05) is 0 Å². The number of hydrogen-bond donors (Lipinski definition) is 1. The fourth-order valence-electron chi connectivity index (χ4n) is 2.69. The van der Waals surface area contributed by atoms with E-state index in [1.54, 1.807) is 0 Å². The molecule has 0 amide bonds. The van der Waals surface area contributed by atoms with Gasteiger partial charge in [0.2, 0.25) is 0 Å². The Morgan fingerprint density at radius 3 is 2.25 bits per heavy atom. The van der Waals surface area contributed by atoms with Crippen LogP contribution in [0.4, 0.5) is 0 Å². The van der Waals surface area contributed by atoms with Crippen LogP contribution in [0.1, 0.15) is 61.8 Å². The fourth-order valence-corrected chi connectivity index (χ4v) is 2.69. The van der Waals surface area contributed by atoms with Crippen molar-refractivity contribution in [2.75, 3.05) is 0 Å². The minimum atomic E-state index is -0.882. The summed E-state index contributed by atoms with van der Waals surface area (Å²) >= 11 is 0. The van der Waals surface area contributed by atoms with Crippen molar-refractivity contribution in [3.8, 4) is 5.88 Å². The molecule has 1 fully saturated rings. The van der Waals surface area contributed by atoms with Crippen LogP contribution in [0.15, 0.2) is 9.59 Å². The number of ketones is 1. The number of carbonyl (C=O) groups is 1. The first-order chi connectivity index (χ1) is 9.02. The number of aromatic amines is 1. The van der Waals surface area contributed by atoms with Crippen LogP contribution in [-0.4, -0.2) is 15.3 Å². The summed E-state index contributed by atoms with van der Waals surface area (Å²) in [5.74, 6) is -1.35. The van der Waals surface area contributed by atoms with Crippen molar-refractivity contribution in [3.63, 3.8) is 0 Å². The Bertz CT molecular complexity index is 597. The molecule has 104 valence electrons. The predicted molar refractivity (Wildman–Crippen MR) is 67.5 cm³/mol. The molecule has 6 nitrogen and oxygen atoms in total. The Balaban J connectivity index is 0.00000200. The van der Waals surface area contributed by atoms with Gasteiger partial charge in [-0.1, -0.05) is 25.7 Å². The molecule has 0 aliphatic heterocycles. The van der Waals surface area contributed by atoms with Gasteiger partial charge in [0, 0.05) is 6.04 Å². The predicted octanol–water partition coefficient (Wildman–Crippen LogP) is -2.29. The fraction of sp³-hybridized carbons (Fsp3) is 0.615. The van der Waals surface area contributed by atoms with E-state index in [2.05, 4.69) is 4.98 Å². The molecule has 0 saturated heterocycles. The summed E-state index contributed by atoms with van der Waals surface area (Å²) in [4.78, 5) is 36.8. The quantitative estimate of drug-likeness (QED) is 0.378. The normalized spacial score (nSPS) is 16.2. The third-order valence-electron chi connectivity index (χ3n) is 3.64. The average Bonchev–Trinajstić information content (AvgIpc) is 2.56. The summed E-state index contributed by atoms with van der Waals surface area (Å²) in [6.07, 6.45) is 5.54. The molecule has 2 rings (SSSR count). The first-order valence-electron chi connectivity index (χ1n) is 6.59. The maximum atomic E-state index is 12.2. The molecule has 0 radical (unpaired) electrons. The van der Waals surface area contributed by atoms with E-state index < -0.39 is 28.5 Å². The average molecular weight is 304 g/mol. The second-order valence-corrected chi connectivity index (χ2v) is 5.01. The SMILES string of the molecule is CC(=O)c1c([O-])n(C2CCCCCC2)c(=O)[nH]c1=O.[K+]. The topological polar surface area (TPSA) is 95.0 Å². The van der Waals surface area contributed by atoms with E-state index in [1.165, 1.54) is 0 Å². The zero-order chi connectivity index (χ0) is 14.0. The Morgan fingerprint density at radius 1 is 1.20 bits per heavy atom. The van der Waals surface area contributed by atoms with Crippen molar-refractivity contribution < 1.29 is 61.3 Å². The van der Waals surface area contributed by atoms with E-state index >= 15 is 0 Å². The number of nitrogens with one attached hydrogen (secondary N) is 1. The second kappa shape index (κ2) is 7.70. The first-order valence-corrected chi connectivity index (χ1v) is 6.59. The standard InChI is InChI=1S/C13H18N2O4.K/c1-8(16)10-11(17)14-13(19)15(12(10)18)9-6-4-2-3-5-7-9;/h9,18H,2-7H2,1H3,(H,14,17,19);/q;+1/p-1. The summed E-state index contributed by atoms with van der Waals surface area (Å²) in [6, 6.07) is -0.211. The van der Waals surface area contributed by atoms with Crippen LogP contribution >= 0.6 is 0 Å². The zero-order valence-electron chi connectivity index (χ0n) is 11.9. The van der Waals surface area contributed by atoms with Crippen LogP contribution in [0, 0.1) is 0 Å². The largest absolute Gasteiger partial charge is 1.00 e. The van der Waals surface area contributed by atoms with E-state index in [0.29, 0.717) is 0 Å². The van der Waals surface area contributed by atoms with Gasteiger partial charge in [-0.05, 0) is 25.6 Å². The van der Waals surface area contributed by atoms with Crippen molar-refractivity contribution in [2.45, 2.75) is 51.5 Å². The van der Waals surface area contributed by atoms with E-state index in [-0.39, 0.29) is 57.4 Å². The molecule has 0 atom stereocenters. The Kier molecular flexibility index (Phi) is 6.87. The van der Waals surface area contributed by atoms with Gasteiger partial charge in [0.1, 0.15) is 0 Å². The van der Waals surface area contributed by atoms with Crippen LogP contribution in [0.2, 0.25) is 0 Å². The first kappa shape index (κ1) is 17.8. The van der Waals surface area contributed by atoms with Crippen molar-refractivity contribution in [2.24, 2.45) is 0 Å². The Hall–Kier alpha value is -0.214. The number of carbonyl (C=O) groups excluding carboxylic acids is 1. The van der Waals surface area contributed by atoms with Crippen LogP contribution < -0.4 is 67.7 Å². The van der Waals surface area contributed by atoms with Crippen molar-refractivity contribution in [3.05, 3.63) is 26.4 Å². The smallest absolute Gasteiger partial charge is 0.859 e. The minimum absolute atomic E-state index is 0. The summed E-state index contributed by atoms with van der Waals surface area (Å²) < 4.78 is 1.06. The van der Waals surface area contributed by atoms with E-state index in [4.69, 9.17) is 0 Å². The molecule has 0 spiro atoms. The molecule has 1 N–H and O–H groups in total. The molecule has 1 aliphatic rings. The molecule has 7 heteroatoms. The number of H-pyrrole nitrogens is 1. The van der Waals surface area contributed by atoms with Crippen molar-refractivity contribution >= 4 is 5.78 Å². The molecule has 0 bridgehead atoms. The molecule has 1 aromatic heterocycles. The van der Waals surface area contributed by atoms with Gasteiger partial charge in [-0.3, -0.25) is 14.6 Å². The van der Waals surface area contributed by atoms with Crippen molar-refractivity contribution in [1.82, 2.24) is 9.55 Å². The van der Waals surface area contributed by atoms with Gasteiger partial charge in [0.05, 0.1) is 5.56 Å². The molecule has 1 heterocycles. The van der Waals surface area contributed by atoms with Gasteiger partial charge in [-0.25, -0.2) is 4.79 Å². The minimum Gasteiger partial charge on any atom is -0.859 e. The van der Waals surface area contributed by atoms with Gasteiger partial charge in [-0.15, -0.1) is 0 Å². The molecule has 1 aliphatic carbocycles. The second-order valence-electron chi connectivity index (χ2n) is 5.01. The van der Waals surface area contributed by atoms with E-state index in [0.717, 1.165) is 50.0 Å². The van der Waals surface area contributed by atoms with Gasteiger partial charge < -0.3 is 9.67 Å². The van der Waals surface area contributed by atoms with Gasteiger partial charge in [0.25, 0.3) is 5.56 Å². The van der Waals surface area contributed by atoms with Crippen LogP contribution in [0.25, 0.3) is 0 Å². The maximum absolute atomic E-state index is 12.2. The van der Waals surface area contributed by atoms with Gasteiger partial charge in [-0.2, -0.15) is 0 Å². The number of aromatic nitrogens is 2. The van der Waals surface area contributed by atoms with E-state index in [9.17, 15) is 19.5 Å². The van der Waals surface area contributed by atoms with Crippen LogP contribution in [-0.2, 0) is 0 Å². The molecule has 1 aromatic rings. The van der Waals surface area contributed by atoms with Crippen LogP contribution in [0.3, 0.4) is 0 Å². The maximum Gasteiger partial charge on any atom is 1.00 e. The summed E-state index contributed by atoms with van der Waals surface area (Å²) in [6.45, 7) is 1.16. The van der Waals surface area contributed by atoms with Gasteiger partial charge >= 0.3 is 57.1 Å². The molecule has 0 unspecified atom stereocenters.